The van der Waals surface area contributed by atoms with Gasteiger partial charge in [0.1, 0.15) is 6.61 Å². The highest BCUT2D eigenvalue weighted by molar-refractivity contribution is 5.92. The van der Waals surface area contributed by atoms with Crippen molar-refractivity contribution in [1.82, 2.24) is 5.32 Å². The maximum absolute atomic E-state index is 10.8. The Hall–Kier alpha value is -1.66. The molecule has 4 N–H and O–H groups in total. The lowest BCUT2D eigenvalue weighted by molar-refractivity contribution is -0.139. The number of amides is 1. The Labute approximate surface area is 114 Å². The Morgan fingerprint density at radius 1 is 1.26 bits per heavy atom. The smallest absolute Gasteiger partial charge is 0.333 e. The van der Waals surface area contributed by atoms with Crippen LogP contribution in [0.3, 0.4) is 0 Å². The molecule has 6 nitrogen and oxygen atoms in total. The second kappa shape index (κ2) is 12.8. The largest absolute Gasteiger partial charge is 0.460 e. The Balaban J connectivity index is 0. The lowest BCUT2D eigenvalue weighted by Gasteiger charge is -2.01. The van der Waals surface area contributed by atoms with Gasteiger partial charge in [-0.3, -0.25) is 4.79 Å². The van der Waals surface area contributed by atoms with Gasteiger partial charge in [0.05, 0.1) is 6.61 Å². The Morgan fingerprint density at radius 2 is 1.84 bits per heavy atom. The van der Waals surface area contributed by atoms with Gasteiger partial charge in [-0.2, -0.15) is 0 Å². The fraction of sp³-hybridized carbons (Fsp3) is 0.538. The molecule has 0 fully saturated rings. The topological polar surface area (TPSA) is 102 Å². The molecule has 0 aromatic carbocycles. The van der Waals surface area contributed by atoms with E-state index in [1.54, 1.807) is 13.8 Å². The van der Waals surface area contributed by atoms with Gasteiger partial charge in [0.25, 0.3) is 0 Å². The van der Waals surface area contributed by atoms with Crippen LogP contribution in [0.25, 0.3) is 0 Å². The number of hydrogen-bond acceptors (Lipinski definition) is 5. The first kappa shape index (κ1) is 19.7. The van der Waals surface area contributed by atoms with Crippen molar-refractivity contribution in [3.63, 3.8) is 0 Å². The third-order valence-electron chi connectivity index (χ3n) is 1.73. The quantitative estimate of drug-likeness (QED) is 0.347. The van der Waals surface area contributed by atoms with Gasteiger partial charge in [-0.15, -0.1) is 0 Å². The highest BCUT2D eigenvalue weighted by Gasteiger charge is 2.00. The Kier molecular flexibility index (Phi) is 13.2. The summed E-state index contributed by atoms with van der Waals surface area (Å²) in [6.07, 6.45) is 0.818. The Morgan fingerprint density at radius 3 is 2.21 bits per heavy atom. The molecule has 0 aliphatic carbocycles. The minimum atomic E-state index is -0.455. The fourth-order valence-electron chi connectivity index (χ4n) is 0.716. The number of carbonyl (C=O) groups is 2. The van der Waals surface area contributed by atoms with E-state index in [-0.39, 0.29) is 19.1 Å². The lowest BCUT2D eigenvalue weighted by atomic mass is 10.3. The first-order valence-electron chi connectivity index (χ1n) is 5.94. The molecule has 0 heterocycles. The zero-order valence-corrected chi connectivity index (χ0v) is 11.7. The fourth-order valence-corrected chi connectivity index (χ4v) is 0.716. The van der Waals surface area contributed by atoms with Crippen LogP contribution in [0.2, 0.25) is 0 Å². The summed E-state index contributed by atoms with van der Waals surface area (Å²) in [6, 6.07) is 0. The molecule has 0 aromatic heterocycles. The zero-order valence-electron chi connectivity index (χ0n) is 11.7. The number of aliphatic hydroxyl groups is 1. The second-order valence-electron chi connectivity index (χ2n) is 3.82. The number of aliphatic hydroxyl groups excluding tert-OH is 1. The summed E-state index contributed by atoms with van der Waals surface area (Å²) in [4.78, 5) is 21.2. The van der Waals surface area contributed by atoms with Crippen LogP contribution < -0.4 is 11.1 Å². The van der Waals surface area contributed by atoms with Crippen molar-refractivity contribution < 1.29 is 19.4 Å². The molecule has 0 aromatic rings. The molecule has 0 rings (SSSR count). The third kappa shape index (κ3) is 14.3. The van der Waals surface area contributed by atoms with Crippen LogP contribution in [-0.4, -0.2) is 43.3 Å². The van der Waals surface area contributed by atoms with Gasteiger partial charge in [-0.1, -0.05) is 13.2 Å². The van der Waals surface area contributed by atoms with Crippen molar-refractivity contribution >= 4 is 11.9 Å². The third-order valence-corrected chi connectivity index (χ3v) is 1.73. The van der Waals surface area contributed by atoms with E-state index in [1.807, 2.05) is 0 Å². The molecule has 6 heteroatoms. The number of nitrogens with two attached hydrogens (primary N) is 1. The molecule has 0 atom stereocenters. The van der Waals surface area contributed by atoms with Gasteiger partial charge in [-0.05, 0) is 26.8 Å². The standard InChI is InChI=1S/C7H14N2O.C6H10O3/c1-6(2)7(10)9-5-3-4-8;1-5(2)6(8)9-4-3-7/h1,3-5,8H2,2H3,(H,9,10);7H,1,3-4H2,2H3. The van der Waals surface area contributed by atoms with Crippen LogP contribution >= 0.6 is 0 Å². The van der Waals surface area contributed by atoms with Gasteiger partial charge < -0.3 is 20.9 Å². The minimum Gasteiger partial charge on any atom is -0.460 e. The molecule has 1 amide bonds. The van der Waals surface area contributed by atoms with E-state index in [9.17, 15) is 9.59 Å². The van der Waals surface area contributed by atoms with E-state index < -0.39 is 5.97 Å². The first-order valence-corrected chi connectivity index (χ1v) is 5.94. The van der Waals surface area contributed by atoms with Crippen molar-refractivity contribution in [2.24, 2.45) is 5.73 Å². The molecular weight excluding hydrogens is 248 g/mol. The molecule has 0 saturated carbocycles. The molecule has 110 valence electrons. The van der Waals surface area contributed by atoms with Crippen LogP contribution in [0.15, 0.2) is 24.3 Å². The van der Waals surface area contributed by atoms with Crippen molar-refractivity contribution in [3.8, 4) is 0 Å². The molecule has 19 heavy (non-hydrogen) atoms. The summed E-state index contributed by atoms with van der Waals surface area (Å²) in [5, 5.41) is 10.9. The van der Waals surface area contributed by atoms with Gasteiger partial charge in [0.15, 0.2) is 0 Å². The lowest BCUT2D eigenvalue weighted by Crippen LogP contribution is -2.26. The van der Waals surface area contributed by atoms with Crippen LogP contribution in [0, 0.1) is 0 Å². The molecule has 0 aliphatic rings. The van der Waals surface area contributed by atoms with E-state index >= 15 is 0 Å². The normalized spacial score (nSPS) is 8.84. The average Bonchev–Trinajstić information content (AvgIpc) is 2.36. The van der Waals surface area contributed by atoms with Crippen molar-refractivity contribution in [3.05, 3.63) is 24.3 Å². The van der Waals surface area contributed by atoms with E-state index in [2.05, 4.69) is 23.2 Å². The van der Waals surface area contributed by atoms with Crippen molar-refractivity contribution in [1.29, 1.82) is 0 Å². The number of ether oxygens (including phenoxy) is 1. The number of hydrogen-bond donors (Lipinski definition) is 3. The minimum absolute atomic E-state index is 0.0473. The van der Waals surface area contributed by atoms with Crippen LogP contribution in [0.5, 0.6) is 0 Å². The van der Waals surface area contributed by atoms with E-state index in [1.165, 1.54) is 0 Å². The summed E-state index contributed by atoms with van der Waals surface area (Å²) in [7, 11) is 0. The van der Waals surface area contributed by atoms with E-state index in [0.29, 0.717) is 24.2 Å². The summed E-state index contributed by atoms with van der Waals surface area (Å²) >= 11 is 0. The molecule has 0 bridgehead atoms. The Bertz CT molecular complexity index is 314. The van der Waals surface area contributed by atoms with Gasteiger partial charge in [-0.25, -0.2) is 4.79 Å². The maximum atomic E-state index is 10.8. The SMILES string of the molecule is C=C(C)C(=O)NCCCN.C=C(C)C(=O)OCCO. The van der Waals surface area contributed by atoms with E-state index in [0.717, 1.165) is 6.42 Å². The highest BCUT2D eigenvalue weighted by atomic mass is 16.5. The predicted octanol–water partition coefficient (Wildman–Crippen LogP) is 0.126. The van der Waals surface area contributed by atoms with Crippen molar-refractivity contribution in [2.75, 3.05) is 26.3 Å². The van der Waals surface area contributed by atoms with Crippen molar-refractivity contribution in [2.45, 2.75) is 20.3 Å². The number of nitrogens with one attached hydrogen (secondary N) is 1. The van der Waals surface area contributed by atoms with Crippen LogP contribution in [0.1, 0.15) is 20.3 Å². The molecule has 0 spiro atoms. The molecule has 0 radical (unpaired) electrons. The molecule has 0 unspecified atom stereocenters. The summed E-state index contributed by atoms with van der Waals surface area (Å²) in [6.45, 7) is 11.2. The molecule has 0 aliphatic heterocycles. The summed E-state index contributed by atoms with van der Waals surface area (Å²) in [5.74, 6) is -0.544. The molecule has 0 saturated heterocycles. The monoisotopic (exact) mass is 272 g/mol. The summed E-state index contributed by atoms with van der Waals surface area (Å²) in [5.41, 5.74) is 6.11. The van der Waals surface area contributed by atoms with Gasteiger partial charge in [0.2, 0.25) is 5.91 Å². The second-order valence-corrected chi connectivity index (χ2v) is 3.82. The maximum Gasteiger partial charge on any atom is 0.333 e. The summed E-state index contributed by atoms with van der Waals surface area (Å²) < 4.78 is 4.46. The van der Waals surface area contributed by atoms with Crippen LogP contribution in [-0.2, 0) is 14.3 Å². The predicted molar refractivity (Wildman–Crippen MR) is 74.4 cm³/mol. The zero-order chi connectivity index (χ0) is 15.3. The highest BCUT2D eigenvalue weighted by Crippen LogP contribution is 1.90. The number of rotatable bonds is 7. The van der Waals surface area contributed by atoms with Gasteiger partial charge in [0, 0.05) is 17.7 Å². The number of carbonyl (C=O) groups excluding carboxylic acids is 2. The van der Waals surface area contributed by atoms with E-state index in [4.69, 9.17) is 10.8 Å². The molecular formula is C13H24N2O4. The van der Waals surface area contributed by atoms with Crippen LogP contribution in [0.4, 0.5) is 0 Å². The number of esters is 1. The van der Waals surface area contributed by atoms with Gasteiger partial charge >= 0.3 is 5.97 Å². The first-order chi connectivity index (χ1) is 8.86. The average molecular weight is 272 g/mol.